The van der Waals surface area contributed by atoms with Gasteiger partial charge >= 0.3 is 39.5 Å². The van der Waals surface area contributed by atoms with Crippen LogP contribution in [0.4, 0.5) is 0 Å². The molecule has 8 atom stereocenters. The predicted molar refractivity (Wildman–Crippen MR) is 441 cm³/mol. The third-order valence-electron chi connectivity index (χ3n) is 21.7. The number of hydrogen-bond donors (Lipinski definition) is 3. The molecule has 0 bridgehead atoms. The molecule has 0 aromatic heterocycles. The van der Waals surface area contributed by atoms with E-state index in [0.717, 1.165) is 120 Å². The van der Waals surface area contributed by atoms with E-state index in [9.17, 15) is 43.2 Å². The maximum atomic E-state index is 13.1. The van der Waals surface area contributed by atoms with Crippen LogP contribution in [0.15, 0.2) is 0 Å². The monoisotopic (exact) mass is 1560 g/mol. The van der Waals surface area contributed by atoms with Gasteiger partial charge < -0.3 is 33.8 Å². The number of carbonyl (C=O) groups is 4. The van der Waals surface area contributed by atoms with Crippen molar-refractivity contribution in [2.75, 3.05) is 39.6 Å². The average molecular weight is 1560 g/mol. The molecule has 636 valence electrons. The first kappa shape index (κ1) is 105. The third kappa shape index (κ3) is 77.8. The minimum atomic E-state index is -4.97. The molecule has 0 amide bonds. The van der Waals surface area contributed by atoms with E-state index in [2.05, 4.69) is 55.4 Å². The highest BCUT2D eigenvalue weighted by atomic mass is 31.2. The van der Waals surface area contributed by atoms with Crippen LogP contribution in [0.2, 0.25) is 0 Å². The van der Waals surface area contributed by atoms with Gasteiger partial charge in [-0.05, 0) is 49.4 Å². The molecule has 0 aromatic rings. The number of carbonyl (C=O) groups excluding carboxylic acids is 4. The molecule has 3 N–H and O–H groups in total. The van der Waals surface area contributed by atoms with Gasteiger partial charge in [-0.3, -0.25) is 37.3 Å². The van der Waals surface area contributed by atoms with Gasteiger partial charge in [-0.15, -0.1) is 0 Å². The van der Waals surface area contributed by atoms with E-state index in [4.69, 9.17) is 37.0 Å². The van der Waals surface area contributed by atoms with Gasteiger partial charge in [-0.2, -0.15) is 0 Å². The Morgan fingerprint density at radius 2 is 0.449 bits per heavy atom. The molecule has 0 aliphatic rings. The first-order valence-corrected chi connectivity index (χ1v) is 48.3. The van der Waals surface area contributed by atoms with Crippen LogP contribution in [0.5, 0.6) is 0 Å². The molecule has 5 unspecified atom stereocenters. The van der Waals surface area contributed by atoms with Crippen molar-refractivity contribution in [2.45, 2.75) is 478 Å². The number of aliphatic hydroxyl groups is 1. The zero-order valence-electron chi connectivity index (χ0n) is 70.8. The van der Waals surface area contributed by atoms with E-state index in [1.165, 1.54) is 257 Å². The van der Waals surface area contributed by atoms with Crippen LogP contribution in [0, 0.1) is 23.7 Å². The van der Waals surface area contributed by atoms with Crippen LogP contribution >= 0.6 is 15.6 Å². The summed E-state index contributed by atoms with van der Waals surface area (Å²) in [6.07, 6.45) is 66.7. The molecule has 0 rings (SSSR count). The zero-order valence-corrected chi connectivity index (χ0v) is 72.6. The average Bonchev–Trinajstić information content (AvgIpc) is 0.903. The normalized spacial score (nSPS) is 14.7. The number of hydrogen-bond acceptors (Lipinski definition) is 15. The fourth-order valence-electron chi connectivity index (χ4n) is 13.6. The van der Waals surface area contributed by atoms with Gasteiger partial charge in [-0.25, -0.2) is 9.13 Å². The molecular formula is C88H172O17P2. The van der Waals surface area contributed by atoms with Crippen LogP contribution in [0.3, 0.4) is 0 Å². The minimum Gasteiger partial charge on any atom is -0.462 e. The van der Waals surface area contributed by atoms with E-state index in [1.807, 2.05) is 0 Å². The van der Waals surface area contributed by atoms with E-state index in [1.54, 1.807) is 0 Å². The Morgan fingerprint density at radius 3 is 0.664 bits per heavy atom. The van der Waals surface area contributed by atoms with Gasteiger partial charge in [-0.1, -0.05) is 409 Å². The Hall–Kier alpha value is -1.94. The highest BCUT2D eigenvalue weighted by Crippen LogP contribution is 2.45. The Kier molecular flexibility index (Phi) is 75.3. The van der Waals surface area contributed by atoms with E-state index >= 15 is 0 Å². The van der Waals surface area contributed by atoms with Crippen molar-refractivity contribution in [2.24, 2.45) is 23.7 Å². The Labute approximate surface area is 658 Å². The molecule has 0 aliphatic heterocycles. The number of unbranched alkanes of at least 4 members (excludes halogenated alkanes) is 48. The van der Waals surface area contributed by atoms with Crippen LogP contribution in [0.1, 0.15) is 460 Å². The minimum absolute atomic E-state index is 0.107. The molecule has 0 spiro atoms. The van der Waals surface area contributed by atoms with Crippen LogP contribution in [-0.4, -0.2) is 96.7 Å². The Morgan fingerprint density at radius 1 is 0.262 bits per heavy atom. The second-order valence-corrected chi connectivity index (χ2v) is 35.7. The van der Waals surface area contributed by atoms with Crippen molar-refractivity contribution in [3.8, 4) is 0 Å². The van der Waals surface area contributed by atoms with Gasteiger partial charge in [0.05, 0.1) is 26.4 Å². The zero-order chi connectivity index (χ0) is 78.8. The summed E-state index contributed by atoms with van der Waals surface area (Å²) in [6, 6.07) is 0. The van der Waals surface area contributed by atoms with Crippen molar-refractivity contribution in [3.63, 3.8) is 0 Å². The van der Waals surface area contributed by atoms with Gasteiger partial charge in [0.1, 0.15) is 19.3 Å². The highest BCUT2D eigenvalue weighted by Gasteiger charge is 2.31. The van der Waals surface area contributed by atoms with E-state index in [0.29, 0.717) is 25.7 Å². The van der Waals surface area contributed by atoms with Gasteiger partial charge in [0.15, 0.2) is 12.2 Å². The number of ether oxygens (including phenoxy) is 4. The van der Waals surface area contributed by atoms with Crippen molar-refractivity contribution >= 4 is 39.5 Å². The fraction of sp³-hybridized carbons (Fsp3) is 0.955. The molecule has 0 radical (unpaired) electrons. The summed E-state index contributed by atoms with van der Waals surface area (Å²) < 4.78 is 68.9. The maximum absolute atomic E-state index is 13.1. The molecule has 0 saturated heterocycles. The lowest BCUT2D eigenvalue weighted by Gasteiger charge is -2.21. The topological polar surface area (TPSA) is 237 Å². The van der Waals surface area contributed by atoms with Crippen molar-refractivity contribution in [3.05, 3.63) is 0 Å². The SMILES string of the molecule is CCC(C)CCCCCCCCCCCCCCCCCCCCC(=O)O[C@H](COC(=O)CCCCCCCCCCCCC(C)C)COP(=O)(O)OC[C@@H](O)COP(=O)(O)OC[C@@H](COC(=O)CCCCCCCCC(C)CC)OC(=O)CCCCCCCCCCCCCCCCCCCCC(C)CC. The second kappa shape index (κ2) is 76.7. The molecular weight excluding hydrogens is 1390 g/mol. The first-order chi connectivity index (χ1) is 51.7. The summed E-state index contributed by atoms with van der Waals surface area (Å²) in [7, 11) is -9.93. The molecule has 107 heavy (non-hydrogen) atoms. The van der Waals surface area contributed by atoms with Crippen molar-refractivity contribution in [1.82, 2.24) is 0 Å². The molecule has 0 fully saturated rings. The molecule has 0 aliphatic carbocycles. The third-order valence-corrected chi connectivity index (χ3v) is 23.6. The van der Waals surface area contributed by atoms with Crippen molar-refractivity contribution in [1.29, 1.82) is 0 Å². The predicted octanol–water partition coefficient (Wildman–Crippen LogP) is 26.7. The maximum Gasteiger partial charge on any atom is 0.472 e. The quantitative estimate of drug-likeness (QED) is 0.0222. The van der Waals surface area contributed by atoms with E-state index < -0.39 is 97.5 Å². The molecule has 19 heteroatoms. The van der Waals surface area contributed by atoms with Crippen LogP contribution in [-0.2, 0) is 65.4 Å². The van der Waals surface area contributed by atoms with E-state index in [-0.39, 0.29) is 25.7 Å². The Balaban J connectivity index is 5.18. The summed E-state index contributed by atoms with van der Waals surface area (Å²) in [5.41, 5.74) is 0. The smallest absolute Gasteiger partial charge is 0.462 e. The molecule has 0 aromatic carbocycles. The van der Waals surface area contributed by atoms with Crippen molar-refractivity contribution < 1.29 is 80.2 Å². The molecule has 0 saturated carbocycles. The number of aliphatic hydroxyl groups excluding tert-OH is 1. The number of rotatable bonds is 85. The first-order valence-electron chi connectivity index (χ1n) is 45.3. The summed E-state index contributed by atoms with van der Waals surface area (Å²) >= 11 is 0. The largest absolute Gasteiger partial charge is 0.472 e. The highest BCUT2D eigenvalue weighted by molar-refractivity contribution is 7.47. The summed E-state index contributed by atoms with van der Waals surface area (Å²) in [5.74, 6) is 1.12. The van der Waals surface area contributed by atoms with Crippen LogP contribution in [0.25, 0.3) is 0 Å². The number of phosphoric acid groups is 2. The number of esters is 4. The second-order valence-electron chi connectivity index (χ2n) is 32.8. The van der Waals surface area contributed by atoms with Gasteiger partial charge in [0, 0.05) is 25.7 Å². The summed E-state index contributed by atoms with van der Waals surface area (Å²) in [4.78, 5) is 73.2. The summed E-state index contributed by atoms with van der Waals surface area (Å²) in [6.45, 7) is 14.4. The van der Waals surface area contributed by atoms with Crippen LogP contribution < -0.4 is 0 Å². The lowest BCUT2D eigenvalue weighted by Crippen LogP contribution is -2.30. The Bertz CT molecular complexity index is 2080. The lowest BCUT2D eigenvalue weighted by molar-refractivity contribution is -0.161. The lowest BCUT2D eigenvalue weighted by atomic mass is 9.99. The number of phosphoric ester groups is 2. The van der Waals surface area contributed by atoms with Gasteiger partial charge in [0.25, 0.3) is 0 Å². The van der Waals surface area contributed by atoms with Gasteiger partial charge in [0.2, 0.25) is 0 Å². The fourth-order valence-corrected chi connectivity index (χ4v) is 15.2. The summed E-state index contributed by atoms with van der Waals surface area (Å²) in [5, 5.41) is 10.7. The molecule has 17 nitrogen and oxygen atoms in total. The molecule has 0 heterocycles. The standard InChI is InChI=1S/C88H172O17P2/c1-9-79(6)65-57-49-41-35-28-24-20-16-12-14-18-22-26-30-38-44-54-62-70-87(92)104-83(74-98-85(90)68-60-52-43-37-33-32-34-40-48-56-64-78(4)5)76-102-106(94,95)100-72-82(89)73-101-107(96,97)103-77-84(75-99-86(91)69-61-53-47-46-51-59-67-81(8)11-3)105-88(93)71-63-55-45-39-31-27-23-19-15-13-17-21-25-29-36-42-50-58-66-80(7)10-2/h78-84,89H,9-77H2,1-8H3,(H,94,95)(H,96,97)/t79?,80?,81?,82-,83-,84-/m1/s1.